The molecule has 1 aliphatic carbocycles. The van der Waals surface area contributed by atoms with Crippen molar-refractivity contribution < 1.29 is 9.90 Å². The Bertz CT molecular complexity index is 180. The van der Waals surface area contributed by atoms with Crippen molar-refractivity contribution in [3.8, 4) is 0 Å². The molecule has 2 heteroatoms. The third-order valence-electron chi connectivity index (χ3n) is 3.36. The standard InChI is InChI=1S/C10H18O2/c1-7(2)8(3)10(4-5-10)6-9(11)12/h7-8H,4-6H2,1-3H3,(H,11,12)/t8-/m0/s1. The lowest BCUT2D eigenvalue weighted by Gasteiger charge is -2.25. The largest absolute Gasteiger partial charge is 0.481 e. The van der Waals surface area contributed by atoms with Crippen molar-refractivity contribution in [2.45, 2.75) is 40.0 Å². The lowest BCUT2D eigenvalue weighted by molar-refractivity contribution is -0.139. The second-order valence-corrected chi connectivity index (χ2v) is 4.47. The number of hydrogen-bond acceptors (Lipinski definition) is 1. The SMILES string of the molecule is CC(C)[C@H](C)C1(CC(=O)O)CC1. The van der Waals surface area contributed by atoms with Gasteiger partial charge in [-0.3, -0.25) is 4.79 Å². The monoisotopic (exact) mass is 170 g/mol. The molecular formula is C10H18O2. The van der Waals surface area contributed by atoms with Crippen molar-refractivity contribution in [2.24, 2.45) is 17.3 Å². The Morgan fingerprint density at radius 3 is 2.17 bits per heavy atom. The fourth-order valence-corrected chi connectivity index (χ4v) is 1.96. The normalized spacial score (nSPS) is 22.3. The third-order valence-corrected chi connectivity index (χ3v) is 3.36. The fraction of sp³-hybridized carbons (Fsp3) is 0.900. The summed E-state index contributed by atoms with van der Waals surface area (Å²) in [5.74, 6) is 0.514. The molecule has 0 bridgehead atoms. The number of rotatable bonds is 4. The summed E-state index contributed by atoms with van der Waals surface area (Å²) in [5.41, 5.74) is 0.153. The maximum absolute atomic E-state index is 10.6. The van der Waals surface area contributed by atoms with E-state index < -0.39 is 5.97 Å². The summed E-state index contributed by atoms with van der Waals surface area (Å²) in [7, 11) is 0. The molecule has 0 aliphatic heterocycles. The van der Waals surface area contributed by atoms with Crippen LogP contribution < -0.4 is 0 Å². The van der Waals surface area contributed by atoms with Crippen LogP contribution in [0.2, 0.25) is 0 Å². The summed E-state index contributed by atoms with van der Waals surface area (Å²) in [6.45, 7) is 6.53. The second kappa shape index (κ2) is 3.08. The highest BCUT2D eigenvalue weighted by atomic mass is 16.4. The van der Waals surface area contributed by atoms with Gasteiger partial charge in [0.15, 0.2) is 0 Å². The first-order valence-corrected chi connectivity index (χ1v) is 4.70. The van der Waals surface area contributed by atoms with E-state index in [4.69, 9.17) is 5.11 Å². The minimum atomic E-state index is -0.639. The van der Waals surface area contributed by atoms with Crippen LogP contribution in [-0.2, 0) is 4.79 Å². The van der Waals surface area contributed by atoms with E-state index in [-0.39, 0.29) is 5.41 Å². The zero-order chi connectivity index (χ0) is 9.35. The molecule has 1 atom stereocenters. The fourth-order valence-electron chi connectivity index (χ4n) is 1.96. The number of aliphatic carboxylic acids is 1. The van der Waals surface area contributed by atoms with Crippen molar-refractivity contribution in [3.05, 3.63) is 0 Å². The molecule has 12 heavy (non-hydrogen) atoms. The van der Waals surface area contributed by atoms with Crippen LogP contribution in [0.4, 0.5) is 0 Å². The van der Waals surface area contributed by atoms with Crippen molar-refractivity contribution in [1.29, 1.82) is 0 Å². The quantitative estimate of drug-likeness (QED) is 0.704. The maximum atomic E-state index is 10.6. The van der Waals surface area contributed by atoms with Gasteiger partial charge in [-0.2, -0.15) is 0 Å². The van der Waals surface area contributed by atoms with Crippen LogP contribution in [0.5, 0.6) is 0 Å². The van der Waals surface area contributed by atoms with E-state index in [9.17, 15) is 4.79 Å². The van der Waals surface area contributed by atoms with Crippen LogP contribution in [0.25, 0.3) is 0 Å². The molecule has 0 heterocycles. The van der Waals surface area contributed by atoms with E-state index >= 15 is 0 Å². The molecular weight excluding hydrogens is 152 g/mol. The van der Waals surface area contributed by atoms with Gasteiger partial charge in [0.25, 0.3) is 0 Å². The highest BCUT2D eigenvalue weighted by Gasteiger charge is 2.49. The highest BCUT2D eigenvalue weighted by Crippen LogP contribution is 2.56. The van der Waals surface area contributed by atoms with Gasteiger partial charge >= 0.3 is 5.97 Å². The first-order chi connectivity index (χ1) is 5.48. The molecule has 2 nitrogen and oxygen atoms in total. The minimum Gasteiger partial charge on any atom is -0.481 e. The molecule has 0 aromatic carbocycles. The summed E-state index contributed by atoms with van der Waals surface area (Å²) >= 11 is 0. The predicted molar refractivity (Wildman–Crippen MR) is 47.9 cm³/mol. The summed E-state index contributed by atoms with van der Waals surface area (Å²) in [6, 6.07) is 0. The van der Waals surface area contributed by atoms with Crippen molar-refractivity contribution >= 4 is 5.97 Å². The predicted octanol–water partition coefficient (Wildman–Crippen LogP) is 2.53. The topological polar surface area (TPSA) is 37.3 Å². The molecule has 1 aliphatic rings. The molecule has 1 rings (SSSR count). The van der Waals surface area contributed by atoms with E-state index in [1.165, 1.54) is 0 Å². The van der Waals surface area contributed by atoms with Crippen LogP contribution in [0.1, 0.15) is 40.0 Å². The molecule has 0 aromatic heterocycles. The maximum Gasteiger partial charge on any atom is 0.303 e. The van der Waals surface area contributed by atoms with E-state index in [1.807, 2.05) is 0 Å². The molecule has 1 saturated carbocycles. The van der Waals surface area contributed by atoms with Crippen LogP contribution >= 0.6 is 0 Å². The van der Waals surface area contributed by atoms with Crippen LogP contribution in [0.3, 0.4) is 0 Å². The zero-order valence-electron chi connectivity index (χ0n) is 8.13. The molecule has 1 fully saturated rings. The van der Waals surface area contributed by atoms with E-state index in [0.29, 0.717) is 18.3 Å². The second-order valence-electron chi connectivity index (χ2n) is 4.47. The van der Waals surface area contributed by atoms with E-state index in [2.05, 4.69) is 20.8 Å². The first-order valence-electron chi connectivity index (χ1n) is 4.70. The summed E-state index contributed by atoms with van der Waals surface area (Å²) in [6.07, 6.45) is 2.59. The van der Waals surface area contributed by atoms with E-state index in [0.717, 1.165) is 12.8 Å². The van der Waals surface area contributed by atoms with Gasteiger partial charge in [0.2, 0.25) is 0 Å². The Kier molecular flexibility index (Phi) is 2.45. The third kappa shape index (κ3) is 1.79. The molecule has 1 N–H and O–H groups in total. The Balaban J connectivity index is 2.54. The van der Waals surface area contributed by atoms with Gasteiger partial charge in [-0.15, -0.1) is 0 Å². The smallest absolute Gasteiger partial charge is 0.303 e. The van der Waals surface area contributed by atoms with Gasteiger partial charge < -0.3 is 5.11 Å². The molecule has 0 spiro atoms. The van der Waals surface area contributed by atoms with Gasteiger partial charge in [-0.1, -0.05) is 20.8 Å². The lowest BCUT2D eigenvalue weighted by atomic mass is 9.80. The zero-order valence-corrected chi connectivity index (χ0v) is 8.13. The molecule has 0 radical (unpaired) electrons. The lowest BCUT2D eigenvalue weighted by Crippen LogP contribution is -2.21. The molecule has 0 amide bonds. The van der Waals surface area contributed by atoms with Gasteiger partial charge in [0, 0.05) is 0 Å². The highest BCUT2D eigenvalue weighted by molar-refractivity contribution is 5.68. The van der Waals surface area contributed by atoms with E-state index in [1.54, 1.807) is 0 Å². The molecule has 0 aromatic rings. The summed E-state index contributed by atoms with van der Waals surface area (Å²) in [4.78, 5) is 10.6. The first kappa shape index (κ1) is 9.56. The molecule has 70 valence electrons. The molecule has 0 unspecified atom stereocenters. The van der Waals surface area contributed by atoms with Gasteiger partial charge in [-0.25, -0.2) is 0 Å². The van der Waals surface area contributed by atoms with Gasteiger partial charge in [-0.05, 0) is 30.1 Å². The van der Waals surface area contributed by atoms with Crippen molar-refractivity contribution in [1.82, 2.24) is 0 Å². The Morgan fingerprint density at radius 1 is 1.42 bits per heavy atom. The average molecular weight is 170 g/mol. The number of carboxylic acids is 1. The summed E-state index contributed by atoms with van der Waals surface area (Å²) < 4.78 is 0. The Labute approximate surface area is 74.0 Å². The number of carbonyl (C=O) groups is 1. The van der Waals surface area contributed by atoms with Crippen molar-refractivity contribution in [3.63, 3.8) is 0 Å². The summed E-state index contributed by atoms with van der Waals surface area (Å²) in [5, 5.41) is 8.72. The number of hydrogen-bond donors (Lipinski definition) is 1. The Morgan fingerprint density at radius 2 is 1.92 bits per heavy atom. The average Bonchev–Trinajstić information content (AvgIpc) is 2.66. The molecule has 0 saturated heterocycles. The van der Waals surface area contributed by atoms with Crippen LogP contribution in [0.15, 0.2) is 0 Å². The Hall–Kier alpha value is -0.530. The van der Waals surface area contributed by atoms with Crippen LogP contribution in [-0.4, -0.2) is 11.1 Å². The number of carboxylic acid groups (broad SMARTS) is 1. The van der Waals surface area contributed by atoms with Gasteiger partial charge in [0.05, 0.1) is 6.42 Å². The van der Waals surface area contributed by atoms with Crippen molar-refractivity contribution in [2.75, 3.05) is 0 Å². The van der Waals surface area contributed by atoms with Crippen LogP contribution in [0, 0.1) is 17.3 Å². The van der Waals surface area contributed by atoms with Gasteiger partial charge in [0.1, 0.15) is 0 Å². The minimum absolute atomic E-state index is 0.153.